The van der Waals surface area contributed by atoms with E-state index in [1.54, 1.807) is 0 Å². The number of hydrogen-bond acceptors (Lipinski definition) is 2. The maximum atomic E-state index is 10.8. The average molecular weight is 197 g/mol. The molecule has 2 rings (SSSR count). The molecule has 2 fully saturated rings. The molecule has 0 aromatic heterocycles. The van der Waals surface area contributed by atoms with Gasteiger partial charge in [-0.2, -0.15) is 0 Å². The van der Waals surface area contributed by atoms with Gasteiger partial charge >= 0.3 is 5.97 Å². The number of carbonyl (C=O) groups is 1. The van der Waals surface area contributed by atoms with E-state index < -0.39 is 5.97 Å². The van der Waals surface area contributed by atoms with Gasteiger partial charge in [0.1, 0.15) is 0 Å². The van der Waals surface area contributed by atoms with Crippen molar-refractivity contribution in [2.24, 2.45) is 5.92 Å². The molecule has 0 spiro atoms. The summed E-state index contributed by atoms with van der Waals surface area (Å²) in [5.41, 5.74) is 0.290. The summed E-state index contributed by atoms with van der Waals surface area (Å²) >= 11 is 0. The first-order chi connectivity index (χ1) is 6.67. The Labute approximate surface area is 84.9 Å². The number of nitrogens with one attached hydrogen (secondary N) is 1. The maximum Gasteiger partial charge on any atom is 0.308 e. The Balaban J connectivity index is 1.88. The molecular formula is C11H19NO2. The molecular weight excluding hydrogens is 178 g/mol. The largest absolute Gasteiger partial charge is 0.481 e. The summed E-state index contributed by atoms with van der Waals surface area (Å²) in [4.78, 5) is 10.8. The smallest absolute Gasteiger partial charge is 0.308 e. The molecule has 14 heavy (non-hydrogen) atoms. The third-order valence-corrected chi connectivity index (χ3v) is 4.07. The van der Waals surface area contributed by atoms with Gasteiger partial charge in [-0.3, -0.25) is 4.79 Å². The van der Waals surface area contributed by atoms with E-state index in [0.717, 1.165) is 19.3 Å². The van der Waals surface area contributed by atoms with Gasteiger partial charge in [0.15, 0.2) is 0 Å². The summed E-state index contributed by atoms with van der Waals surface area (Å²) in [5.74, 6) is -0.752. The zero-order chi connectivity index (χ0) is 10.2. The molecule has 0 amide bonds. The highest BCUT2D eigenvalue weighted by Gasteiger charge is 2.43. The summed E-state index contributed by atoms with van der Waals surface area (Å²) in [5, 5.41) is 12.5. The Morgan fingerprint density at radius 1 is 1.50 bits per heavy atom. The number of hydrogen-bond donors (Lipinski definition) is 2. The van der Waals surface area contributed by atoms with Crippen molar-refractivity contribution >= 4 is 5.97 Å². The van der Waals surface area contributed by atoms with Crippen molar-refractivity contribution < 1.29 is 9.90 Å². The lowest BCUT2D eigenvalue weighted by Gasteiger charge is -2.48. The van der Waals surface area contributed by atoms with Gasteiger partial charge in [0.05, 0.1) is 5.92 Å². The van der Waals surface area contributed by atoms with E-state index in [2.05, 4.69) is 12.2 Å². The van der Waals surface area contributed by atoms with E-state index in [-0.39, 0.29) is 12.0 Å². The predicted octanol–water partition coefficient (Wildman–Crippen LogP) is 1.77. The highest BCUT2D eigenvalue weighted by atomic mass is 16.4. The molecule has 2 aliphatic rings. The van der Waals surface area contributed by atoms with Crippen LogP contribution in [0.25, 0.3) is 0 Å². The van der Waals surface area contributed by atoms with Crippen LogP contribution in [0.5, 0.6) is 0 Å². The van der Waals surface area contributed by atoms with Crippen molar-refractivity contribution in [1.82, 2.24) is 5.32 Å². The molecule has 80 valence electrons. The lowest BCUT2D eigenvalue weighted by Crippen LogP contribution is -2.60. The van der Waals surface area contributed by atoms with Crippen LogP contribution in [0.2, 0.25) is 0 Å². The Hall–Kier alpha value is -0.570. The molecule has 2 atom stereocenters. The number of aliphatic carboxylic acids is 1. The van der Waals surface area contributed by atoms with E-state index in [9.17, 15) is 4.79 Å². The van der Waals surface area contributed by atoms with Crippen LogP contribution in [-0.4, -0.2) is 22.7 Å². The quantitative estimate of drug-likeness (QED) is 0.722. The van der Waals surface area contributed by atoms with Gasteiger partial charge in [-0.1, -0.05) is 6.92 Å². The van der Waals surface area contributed by atoms with Gasteiger partial charge in [0.25, 0.3) is 0 Å². The van der Waals surface area contributed by atoms with Gasteiger partial charge in [-0.05, 0) is 38.5 Å². The first kappa shape index (κ1) is 9.97. The lowest BCUT2D eigenvalue weighted by molar-refractivity contribution is -0.146. The minimum atomic E-state index is -0.626. The van der Waals surface area contributed by atoms with Crippen molar-refractivity contribution in [2.45, 2.75) is 57.0 Å². The van der Waals surface area contributed by atoms with E-state index in [0.29, 0.717) is 5.54 Å². The highest BCUT2D eigenvalue weighted by molar-refractivity contribution is 5.72. The predicted molar refractivity (Wildman–Crippen MR) is 54.2 cm³/mol. The second-order valence-corrected chi connectivity index (χ2v) is 4.76. The molecule has 3 nitrogen and oxygen atoms in total. The third kappa shape index (κ3) is 1.54. The fourth-order valence-corrected chi connectivity index (χ4v) is 2.57. The first-order valence-corrected chi connectivity index (χ1v) is 5.67. The van der Waals surface area contributed by atoms with Crippen molar-refractivity contribution in [3.8, 4) is 0 Å². The minimum absolute atomic E-state index is 0.126. The Morgan fingerprint density at radius 2 is 2.21 bits per heavy atom. The number of rotatable bonds is 4. The molecule has 0 bridgehead atoms. The average Bonchev–Trinajstić information content (AvgIpc) is 2.00. The van der Waals surface area contributed by atoms with Gasteiger partial charge in [0.2, 0.25) is 0 Å². The minimum Gasteiger partial charge on any atom is -0.481 e. The molecule has 2 unspecified atom stereocenters. The van der Waals surface area contributed by atoms with E-state index in [1.165, 1.54) is 19.3 Å². The summed E-state index contributed by atoms with van der Waals surface area (Å²) in [6, 6.07) is 0.243. The Kier molecular flexibility index (Phi) is 2.52. The van der Waals surface area contributed by atoms with Crippen molar-refractivity contribution in [2.75, 3.05) is 0 Å². The molecule has 2 saturated carbocycles. The number of carboxylic acid groups (broad SMARTS) is 1. The van der Waals surface area contributed by atoms with E-state index >= 15 is 0 Å². The topological polar surface area (TPSA) is 49.3 Å². The van der Waals surface area contributed by atoms with Crippen LogP contribution in [0.4, 0.5) is 0 Å². The molecule has 0 heterocycles. The van der Waals surface area contributed by atoms with Crippen LogP contribution in [-0.2, 0) is 4.79 Å². The monoisotopic (exact) mass is 197 g/mol. The summed E-state index contributed by atoms with van der Waals surface area (Å²) < 4.78 is 0. The lowest BCUT2D eigenvalue weighted by atomic mass is 9.71. The van der Waals surface area contributed by atoms with Crippen molar-refractivity contribution in [3.05, 3.63) is 0 Å². The molecule has 0 aromatic rings. The molecule has 0 aromatic carbocycles. The first-order valence-electron chi connectivity index (χ1n) is 5.67. The van der Waals surface area contributed by atoms with Gasteiger partial charge < -0.3 is 10.4 Å². The second kappa shape index (κ2) is 3.54. The fourth-order valence-electron chi connectivity index (χ4n) is 2.57. The van der Waals surface area contributed by atoms with Crippen LogP contribution in [0.3, 0.4) is 0 Å². The van der Waals surface area contributed by atoms with Crippen LogP contribution in [0, 0.1) is 5.92 Å². The highest BCUT2D eigenvalue weighted by Crippen LogP contribution is 2.38. The van der Waals surface area contributed by atoms with Crippen LogP contribution < -0.4 is 5.32 Å². The van der Waals surface area contributed by atoms with Crippen LogP contribution in [0.1, 0.15) is 45.4 Å². The van der Waals surface area contributed by atoms with Crippen LogP contribution >= 0.6 is 0 Å². The maximum absolute atomic E-state index is 10.8. The molecule has 0 saturated heterocycles. The van der Waals surface area contributed by atoms with Gasteiger partial charge in [0, 0.05) is 11.6 Å². The molecule has 2 aliphatic carbocycles. The fraction of sp³-hybridized carbons (Fsp3) is 0.909. The third-order valence-electron chi connectivity index (χ3n) is 4.07. The van der Waals surface area contributed by atoms with E-state index in [4.69, 9.17) is 5.11 Å². The number of carboxylic acids is 1. The molecule has 0 aliphatic heterocycles. The van der Waals surface area contributed by atoms with Gasteiger partial charge in [-0.25, -0.2) is 0 Å². The van der Waals surface area contributed by atoms with Crippen molar-refractivity contribution in [3.63, 3.8) is 0 Å². The Bertz CT molecular complexity index is 230. The standard InChI is InChI=1S/C11H19NO2/c1-2-11(6-3-7-11)12-9-5-4-8(9)10(13)14/h8-9,12H,2-7H2,1H3,(H,13,14). The summed E-state index contributed by atoms with van der Waals surface area (Å²) in [6.07, 6.45) is 6.78. The normalized spacial score (nSPS) is 34.4. The molecule has 2 N–H and O–H groups in total. The van der Waals surface area contributed by atoms with E-state index in [1.807, 2.05) is 0 Å². The summed E-state index contributed by atoms with van der Waals surface area (Å²) in [7, 11) is 0. The summed E-state index contributed by atoms with van der Waals surface area (Å²) in [6.45, 7) is 2.20. The second-order valence-electron chi connectivity index (χ2n) is 4.76. The zero-order valence-electron chi connectivity index (χ0n) is 8.75. The zero-order valence-corrected chi connectivity index (χ0v) is 8.75. The molecule has 0 radical (unpaired) electrons. The molecule has 3 heteroatoms. The van der Waals surface area contributed by atoms with Gasteiger partial charge in [-0.15, -0.1) is 0 Å². The SMILES string of the molecule is CCC1(NC2CCC2C(=O)O)CCC1. The Morgan fingerprint density at radius 3 is 2.50 bits per heavy atom. The van der Waals surface area contributed by atoms with Crippen LogP contribution in [0.15, 0.2) is 0 Å². The van der Waals surface area contributed by atoms with Crippen molar-refractivity contribution in [1.29, 1.82) is 0 Å².